The maximum absolute atomic E-state index is 5.84. The fourth-order valence-electron chi connectivity index (χ4n) is 2.02. The van der Waals surface area contributed by atoms with E-state index < -0.39 is 0 Å². The van der Waals surface area contributed by atoms with Crippen molar-refractivity contribution in [3.63, 3.8) is 0 Å². The number of nitrogens with zero attached hydrogens (tertiary/aromatic N) is 2. The molecule has 0 spiro atoms. The van der Waals surface area contributed by atoms with Gasteiger partial charge in [0.25, 0.3) is 0 Å². The van der Waals surface area contributed by atoms with Crippen LogP contribution in [0.3, 0.4) is 0 Å². The van der Waals surface area contributed by atoms with E-state index in [9.17, 15) is 0 Å². The van der Waals surface area contributed by atoms with E-state index in [1.165, 1.54) is 19.3 Å². The zero-order valence-electron chi connectivity index (χ0n) is 12.1. The number of benzene rings is 1. The Morgan fingerprint density at radius 1 is 1.40 bits per heavy atom. The lowest BCUT2D eigenvalue weighted by molar-refractivity contribution is 0.276. The molecule has 0 heterocycles. The van der Waals surface area contributed by atoms with E-state index in [2.05, 4.69) is 15.2 Å². The van der Waals surface area contributed by atoms with E-state index in [1.807, 2.05) is 38.4 Å². The number of nitrogens with one attached hydrogen (secondary N) is 1. The minimum Gasteiger partial charge on any atom is -0.492 e. The lowest BCUT2D eigenvalue weighted by Gasteiger charge is -2.31. The first kappa shape index (κ1) is 15.0. The van der Waals surface area contributed by atoms with Gasteiger partial charge in [0.1, 0.15) is 12.4 Å². The largest absolute Gasteiger partial charge is 0.492 e. The molecular weight excluding hydrogens is 274 g/mol. The number of hydrogen-bond acceptors (Lipinski definition) is 2. The summed E-state index contributed by atoms with van der Waals surface area (Å²) in [6.45, 7) is 1.40. The fraction of sp³-hybridized carbons (Fsp3) is 0.533. The number of halogens is 1. The summed E-state index contributed by atoms with van der Waals surface area (Å²) in [7, 11) is 3.84. The molecule has 0 aromatic heterocycles. The molecule has 5 heteroatoms. The second kappa shape index (κ2) is 7.39. The van der Waals surface area contributed by atoms with E-state index in [0.29, 0.717) is 12.6 Å². The zero-order valence-corrected chi connectivity index (χ0v) is 12.9. The molecule has 1 aromatic carbocycles. The maximum Gasteiger partial charge on any atom is 0.193 e. The summed E-state index contributed by atoms with van der Waals surface area (Å²) >= 11 is 5.84. The number of rotatable bonds is 5. The van der Waals surface area contributed by atoms with E-state index in [1.54, 1.807) is 0 Å². The topological polar surface area (TPSA) is 36.9 Å². The Hall–Kier alpha value is -1.42. The van der Waals surface area contributed by atoms with Gasteiger partial charge in [-0.05, 0) is 43.5 Å². The van der Waals surface area contributed by atoms with Gasteiger partial charge in [0.05, 0.1) is 6.54 Å². The highest BCUT2D eigenvalue weighted by molar-refractivity contribution is 6.30. The quantitative estimate of drug-likeness (QED) is 0.670. The van der Waals surface area contributed by atoms with Crippen LogP contribution in [0.15, 0.2) is 29.3 Å². The first-order valence-electron chi connectivity index (χ1n) is 7.02. The Morgan fingerprint density at radius 3 is 2.65 bits per heavy atom. The summed E-state index contributed by atoms with van der Waals surface area (Å²) in [5, 5.41) is 4.18. The van der Waals surface area contributed by atoms with Crippen LogP contribution < -0.4 is 10.1 Å². The van der Waals surface area contributed by atoms with Gasteiger partial charge in [-0.25, -0.2) is 0 Å². The number of guanidine groups is 1. The molecule has 4 nitrogen and oxygen atoms in total. The van der Waals surface area contributed by atoms with Gasteiger partial charge in [-0.1, -0.05) is 11.6 Å². The standard InChI is InChI=1S/C15H22ClN3O/c1-17-15(18-13-4-3-5-13)19(2)10-11-20-14-8-6-12(16)7-9-14/h6-9,13H,3-5,10-11H2,1-2H3,(H,17,18). The summed E-state index contributed by atoms with van der Waals surface area (Å²) in [6, 6.07) is 8.01. The van der Waals surface area contributed by atoms with E-state index >= 15 is 0 Å². The Morgan fingerprint density at radius 2 is 2.10 bits per heavy atom. The summed E-state index contributed by atoms with van der Waals surface area (Å²) < 4.78 is 5.69. The zero-order chi connectivity index (χ0) is 14.4. The summed E-state index contributed by atoms with van der Waals surface area (Å²) in [5.41, 5.74) is 0. The van der Waals surface area contributed by atoms with Crippen LogP contribution in [0.25, 0.3) is 0 Å². The van der Waals surface area contributed by atoms with Crippen molar-refractivity contribution in [3.05, 3.63) is 29.3 Å². The minimum absolute atomic E-state index is 0.591. The first-order valence-corrected chi connectivity index (χ1v) is 7.39. The van der Waals surface area contributed by atoms with Crippen molar-refractivity contribution in [2.75, 3.05) is 27.2 Å². The van der Waals surface area contributed by atoms with Crippen molar-refractivity contribution < 1.29 is 4.74 Å². The molecule has 0 unspecified atom stereocenters. The third-order valence-corrected chi connectivity index (χ3v) is 3.77. The van der Waals surface area contributed by atoms with Gasteiger partial charge in [-0.2, -0.15) is 0 Å². The van der Waals surface area contributed by atoms with Gasteiger partial charge in [-0.3, -0.25) is 4.99 Å². The molecule has 0 bridgehead atoms. The van der Waals surface area contributed by atoms with Crippen molar-refractivity contribution in [1.29, 1.82) is 0 Å². The number of likely N-dealkylation sites (N-methyl/N-ethyl adjacent to an activating group) is 1. The predicted octanol–water partition coefficient (Wildman–Crippen LogP) is 2.78. The van der Waals surface area contributed by atoms with Crippen LogP contribution in [0.4, 0.5) is 0 Å². The van der Waals surface area contributed by atoms with Gasteiger partial charge < -0.3 is 15.0 Å². The van der Waals surface area contributed by atoms with Crippen LogP contribution in [0.1, 0.15) is 19.3 Å². The highest BCUT2D eigenvalue weighted by Crippen LogP contribution is 2.18. The molecule has 0 radical (unpaired) electrons. The van der Waals surface area contributed by atoms with Crippen LogP contribution in [-0.4, -0.2) is 44.1 Å². The molecule has 20 heavy (non-hydrogen) atoms. The fourth-order valence-corrected chi connectivity index (χ4v) is 2.14. The summed E-state index contributed by atoms with van der Waals surface area (Å²) in [5.74, 6) is 1.78. The van der Waals surface area contributed by atoms with E-state index in [4.69, 9.17) is 16.3 Å². The number of ether oxygens (including phenoxy) is 1. The molecule has 2 rings (SSSR count). The Bertz CT molecular complexity index is 443. The van der Waals surface area contributed by atoms with Crippen molar-refractivity contribution in [2.45, 2.75) is 25.3 Å². The molecule has 1 aliphatic carbocycles. The highest BCUT2D eigenvalue weighted by atomic mass is 35.5. The second-order valence-electron chi connectivity index (χ2n) is 5.04. The SMILES string of the molecule is CN=C(NC1CCC1)N(C)CCOc1ccc(Cl)cc1. The average molecular weight is 296 g/mol. The normalized spacial score (nSPS) is 15.7. The molecular formula is C15H22ClN3O. The van der Waals surface area contributed by atoms with Crippen LogP contribution in [-0.2, 0) is 0 Å². The molecule has 0 aliphatic heterocycles. The van der Waals surface area contributed by atoms with Gasteiger partial charge in [0.15, 0.2) is 5.96 Å². The minimum atomic E-state index is 0.591. The Labute approximate surface area is 125 Å². The van der Waals surface area contributed by atoms with Gasteiger partial charge in [0, 0.05) is 25.2 Å². The third-order valence-electron chi connectivity index (χ3n) is 3.52. The summed E-state index contributed by atoms with van der Waals surface area (Å²) in [6.07, 6.45) is 3.81. The van der Waals surface area contributed by atoms with Gasteiger partial charge in [0.2, 0.25) is 0 Å². The Kier molecular flexibility index (Phi) is 5.53. The average Bonchev–Trinajstić information content (AvgIpc) is 2.40. The van der Waals surface area contributed by atoms with Gasteiger partial charge >= 0.3 is 0 Å². The molecule has 1 fully saturated rings. The highest BCUT2D eigenvalue weighted by Gasteiger charge is 2.19. The lowest BCUT2D eigenvalue weighted by atomic mass is 9.93. The molecule has 1 aliphatic rings. The number of aliphatic imine (C=N–C) groups is 1. The maximum atomic E-state index is 5.84. The van der Waals surface area contributed by atoms with Crippen LogP contribution in [0.5, 0.6) is 5.75 Å². The van der Waals surface area contributed by atoms with Crippen LogP contribution in [0, 0.1) is 0 Å². The third kappa shape index (κ3) is 4.30. The molecule has 0 atom stereocenters. The monoisotopic (exact) mass is 295 g/mol. The molecule has 0 amide bonds. The van der Waals surface area contributed by atoms with Crippen molar-refractivity contribution in [2.24, 2.45) is 4.99 Å². The molecule has 0 saturated heterocycles. The second-order valence-corrected chi connectivity index (χ2v) is 5.48. The lowest BCUT2D eigenvalue weighted by Crippen LogP contribution is -2.47. The van der Waals surface area contributed by atoms with Gasteiger partial charge in [-0.15, -0.1) is 0 Å². The molecule has 110 valence electrons. The Balaban J connectivity index is 1.72. The van der Waals surface area contributed by atoms with Crippen LogP contribution in [0.2, 0.25) is 5.02 Å². The van der Waals surface area contributed by atoms with Crippen molar-refractivity contribution >= 4 is 17.6 Å². The number of hydrogen-bond donors (Lipinski definition) is 1. The smallest absolute Gasteiger partial charge is 0.193 e. The van der Waals surface area contributed by atoms with E-state index in [-0.39, 0.29) is 0 Å². The van der Waals surface area contributed by atoms with E-state index in [0.717, 1.165) is 23.3 Å². The molecule has 1 aromatic rings. The van der Waals surface area contributed by atoms with Crippen molar-refractivity contribution in [3.8, 4) is 5.75 Å². The first-order chi connectivity index (χ1) is 9.69. The molecule has 1 saturated carbocycles. The molecule has 1 N–H and O–H groups in total. The predicted molar refractivity (Wildman–Crippen MR) is 83.7 cm³/mol. The summed E-state index contributed by atoms with van der Waals surface area (Å²) in [4.78, 5) is 6.40. The van der Waals surface area contributed by atoms with Crippen LogP contribution >= 0.6 is 11.6 Å². The van der Waals surface area contributed by atoms with Crippen molar-refractivity contribution in [1.82, 2.24) is 10.2 Å².